The van der Waals surface area contributed by atoms with Crippen molar-refractivity contribution < 1.29 is 18.8 Å². The second-order valence-corrected chi connectivity index (χ2v) is 3.73. The lowest BCUT2D eigenvalue weighted by atomic mass is 10.2. The van der Waals surface area contributed by atoms with Gasteiger partial charge in [0.15, 0.2) is 7.57 Å². The molecule has 0 aliphatic heterocycles. The van der Waals surface area contributed by atoms with Crippen LogP contribution in [0, 0.1) is 0 Å². The molecule has 0 aliphatic rings. The van der Waals surface area contributed by atoms with Gasteiger partial charge in [-0.25, -0.2) is 4.79 Å². The molecule has 92 valence electrons. The average Bonchev–Trinajstić information content (AvgIpc) is 2.29. The van der Waals surface area contributed by atoms with Crippen molar-refractivity contribution >= 4 is 28.2 Å². The van der Waals surface area contributed by atoms with E-state index in [2.05, 4.69) is 17.7 Å². The van der Waals surface area contributed by atoms with E-state index in [9.17, 15) is 9.59 Å². The van der Waals surface area contributed by atoms with E-state index < -0.39 is 20.6 Å². The second-order valence-electron chi connectivity index (χ2n) is 3.29. The number of hydrogen-bond acceptors (Lipinski definition) is 4. The third-order valence-corrected chi connectivity index (χ3v) is 2.17. The maximum atomic E-state index is 11.3. The van der Waals surface area contributed by atoms with Crippen molar-refractivity contribution in [3.05, 3.63) is 24.8 Å². The topological polar surface area (TPSA) is 52.6 Å². The predicted molar refractivity (Wildman–Crippen MR) is 68.9 cm³/mol. The average molecular weight is 254 g/mol. The maximum absolute atomic E-state index is 11.3. The summed E-state index contributed by atoms with van der Waals surface area (Å²) in [6.07, 6.45) is 4.25. The van der Waals surface area contributed by atoms with Crippen molar-refractivity contribution in [3.63, 3.8) is 0 Å². The van der Waals surface area contributed by atoms with Crippen molar-refractivity contribution in [3.8, 4) is 0 Å². The summed E-state index contributed by atoms with van der Waals surface area (Å²) in [4.78, 5) is 22.3. The summed E-state index contributed by atoms with van der Waals surface area (Å²) in [7, 11) is 4.60. The Bertz CT molecular complexity index is 291. The van der Waals surface area contributed by atoms with Crippen LogP contribution in [0.3, 0.4) is 0 Å². The van der Waals surface area contributed by atoms with E-state index in [-0.39, 0.29) is 12.0 Å². The first-order chi connectivity index (χ1) is 8.11. The lowest BCUT2D eigenvalue weighted by Crippen LogP contribution is -2.11. The van der Waals surface area contributed by atoms with Crippen LogP contribution in [0.4, 0.5) is 0 Å². The van der Waals surface area contributed by atoms with E-state index >= 15 is 0 Å². The summed E-state index contributed by atoms with van der Waals surface area (Å²) >= 11 is 0. The van der Waals surface area contributed by atoms with Gasteiger partial charge in [-0.3, -0.25) is 4.79 Å². The Hall–Kier alpha value is -1.09. The molecule has 0 N–H and O–H groups in total. The van der Waals surface area contributed by atoms with Gasteiger partial charge in [-0.15, -0.1) is 6.58 Å². The Labute approximate surface area is 105 Å². The molecule has 4 nitrogen and oxygen atoms in total. The van der Waals surface area contributed by atoms with E-state index in [1.54, 1.807) is 0 Å². The van der Waals surface area contributed by atoms with Crippen LogP contribution in [0.2, 0.25) is 0 Å². The van der Waals surface area contributed by atoms with Crippen LogP contribution in [0.5, 0.6) is 0 Å². The standard InChI is InChI=1S/C11H16BO4P/c1-3-4-5-6-7-15-10(13)8-9(2)11(14)16-17-12/h3,17H,1-2,4-8H2. The Balaban J connectivity index is 3.67. The number of carbonyl (C=O) groups excluding carboxylic acids is 2. The third-order valence-electron chi connectivity index (χ3n) is 1.86. The molecule has 6 heteroatoms. The van der Waals surface area contributed by atoms with Gasteiger partial charge < -0.3 is 9.26 Å². The Morgan fingerprint density at radius 2 is 2.06 bits per heavy atom. The van der Waals surface area contributed by atoms with Gasteiger partial charge in [-0.1, -0.05) is 12.7 Å². The van der Waals surface area contributed by atoms with Crippen LogP contribution in [0.1, 0.15) is 25.7 Å². The molecule has 1 atom stereocenters. The van der Waals surface area contributed by atoms with E-state index in [1.807, 2.05) is 6.08 Å². The predicted octanol–water partition coefficient (Wildman–Crippen LogP) is 2.05. The van der Waals surface area contributed by atoms with Gasteiger partial charge in [0.05, 0.1) is 13.0 Å². The Morgan fingerprint density at radius 1 is 1.35 bits per heavy atom. The number of rotatable bonds is 9. The molecule has 0 bridgehead atoms. The summed E-state index contributed by atoms with van der Waals surface area (Å²) in [5.74, 6) is -1.14. The molecule has 0 saturated carbocycles. The number of unbranched alkanes of at least 4 members (excludes halogenated alkanes) is 2. The zero-order valence-corrected chi connectivity index (χ0v) is 10.7. The quantitative estimate of drug-likeness (QED) is 0.158. The van der Waals surface area contributed by atoms with Gasteiger partial charge in [0.25, 0.3) is 0 Å². The molecule has 0 aromatic rings. The molecule has 0 spiro atoms. The van der Waals surface area contributed by atoms with E-state index in [4.69, 9.17) is 12.3 Å². The van der Waals surface area contributed by atoms with Crippen molar-refractivity contribution in [2.75, 3.05) is 6.61 Å². The Kier molecular flexibility index (Phi) is 9.45. The summed E-state index contributed by atoms with van der Waals surface area (Å²) in [6, 6.07) is 0. The molecule has 2 radical (unpaired) electrons. The minimum absolute atomic E-state index is 0.0547. The molecule has 0 amide bonds. The summed E-state index contributed by atoms with van der Waals surface area (Å²) < 4.78 is 9.43. The smallest absolute Gasteiger partial charge is 0.335 e. The molecule has 0 heterocycles. The highest BCUT2D eigenvalue weighted by Crippen LogP contribution is 2.10. The lowest BCUT2D eigenvalue weighted by Gasteiger charge is -2.06. The molecule has 17 heavy (non-hydrogen) atoms. The first kappa shape index (κ1) is 15.9. The van der Waals surface area contributed by atoms with Crippen molar-refractivity contribution in [2.45, 2.75) is 25.7 Å². The zero-order chi connectivity index (χ0) is 13.1. The van der Waals surface area contributed by atoms with Crippen LogP contribution < -0.4 is 0 Å². The fourth-order valence-electron chi connectivity index (χ4n) is 1.000. The van der Waals surface area contributed by atoms with E-state index in [0.29, 0.717) is 6.61 Å². The fraction of sp³-hybridized carbons (Fsp3) is 0.455. The molecular weight excluding hydrogens is 238 g/mol. The molecule has 0 fully saturated rings. The number of esters is 1. The molecule has 0 saturated heterocycles. The van der Waals surface area contributed by atoms with Crippen LogP contribution in [-0.4, -0.2) is 26.1 Å². The van der Waals surface area contributed by atoms with Gasteiger partial charge >= 0.3 is 11.9 Å². The number of hydrogen-bond donors (Lipinski definition) is 0. The van der Waals surface area contributed by atoms with Gasteiger partial charge in [0.2, 0.25) is 0 Å². The molecule has 0 aromatic carbocycles. The van der Waals surface area contributed by atoms with E-state index in [1.165, 1.54) is 0 Å². The lowest BCUT2D eigenvalue weighted by molar-refractivity contribution is -0.144. The van der Waals surface area contributed by atoms with Crippen LogP contribution in [0.25, 0.3) is 0 Å². The van der Waals surface area contributed by atoms with Gasteiger partial charge in [0.1, 0.15) is 0 Å². The molecule has 1 unspecified atom stereocenters. The van der Waals surface area contributed by atoms with Gasteiger partial charge in [0, 0.05) is 14.3 Å². The molecule has 0 aliphatic carbocycles. The number of carbonyl (C=O) groups is 2. The highest BCUT2D eigenvalue weighted by atomic mass is 31.1. The largest absolute Gasteiger partial charge is 0.465 e. The van der Waals surface area contributed by atoms with Crippen LogP contribution >= 0.6 is 8.69 Å². The fourth-order valence-corrected chi connectivity index (χ4v) is 1.25. The highest BCUT2D eigenvalue weighted by molar-refractivity contribution is 7.62. The normalized spacial score (nSPS) is 10.1. The number of allylic oxidation sites excluding steroid dienone is 1. The maximum Gasteiger partial charge on any atom is 0.335 e. The Morgan fingerprint density at radius 3 is 2.65 bits per heavy atom. The number of ether oxygens (including phenoxy) is 1. The zero-order valence-electron chi connectivity index (χ0n) is 9.74. The van der Waals surface area contributed by atoms with Crippen LogP contribution in [0.15, 0.2) is 24.8 Å². The van der Waals surface area contributed by atoms with Gasteiger partial charge in [-0.05, 0) is 19.3 Å². The summed E-state index contributed by atoms with van der Waals surface area (Å²) in [6.45, 7) is 7.36. The summed E-state index contributed by atoms with van der Waals surface area (Å²) in [5.41, 5.74) is 0.0547. The molecule has 0 rings (SSSR count). The van der Waals surface area contributed by atoms with E-state index in [0.717, 1.165) is 19.3 Å². The first-order valence-corrected chi connectivity index (χ1v) is 6.21. The van der Waals surface area contributed by atoms with Gasteiger partial charge in [-0.2, -0.15) is 0 Å². The molecule has 0 aromatic heterocycles. The van der Waals surface area contributed by atoms with Crippen molar-refractivity contribution in [1.29, 1.82) is 0 Å². The monoisotopic (exact) mass is 254 g/mol. The van der Waals surface area contributed by atoms with Crippen LogP contribution in [-0.2, 0) is 18.8 Å². The second kappa shape index (κ2) is 10.1. The minimum Gasteiger partial charge on any atom is -0.465 e. The SMILES string of the molecule is [B]POC(=O)C(=C)CC(=O)OCCCCC=C. The minimum atomic E-state index is -0.658. The first-order valence-electron chi connectivity index (χ1n) is 5.23. The third kappa shape index (κ3) is 8.69. The summed E-state index contributed by atoms with van der Waals surface area (Å²) in [5, 5.41) is 0. The van der Waals surface area contributed by atoms with Crippen molar-refractivity contribution in [1.82, 2.24) is 0 Å². The van der Waals surface area contributed by atoms with Crippen molar-refractivity contribution in [2.24, 2.45) is 0 Å². The highest BCUT2D eigenvalue weighted by Gasteiger charge is 2.13. The molecular formula is C11H16BO4P.